The topological polar surface area (TPSA) is 47.0 Å². The van der Waals surface area contributed by atoms with Gasteiger partial charge in [-0.25, -0.2) is 4.98 Å². The molecule has 0 fully saturated rings. The van der Waals surface area contributed by atoms with Crippen LogP contribution in [-0.2, 0) is 0 Å². The Balaban J connectivity index is 2.69. The fourth-order valence-electron chi connectivity index (χ4n) is 1.52. The summed E-state index contributed by atoms with van der Waals surface area (Å²) in [7, 11) is 1.59. The summed E-state index contributed by atoms with van der Waals surface area (Å²) in [6.45, 7) is 5.89. The molecule has 2 atom stereocenters. The minimum absolute atomic E-state index is 0.146. The summed E-state index contributed by atoms with van der Waals surface area (Å²) < 4.78 is 5.08. The van der Waals surface area contributed by atoms with Gasteiger partial charge < -0.3 is 10.1 Å². The van der Waals surface area contributed by atoms with Gasteiger partial charge in [0.2, 0.25) is 5.88 Å². The Morgan fingerprint density at radius 1 is 1.44 bits per heavy atom. The molecular weight excluding hydrogens is 226 g/mol. The Morgan fingerprint density at radius 3 is 2.69 bits per heavy atom. The number of halogens is 1. The number of anilines is 1. The third kappa shape index (κ3) is 4.23. The first-order chi connectivity index (χ1) is 7.51. The number of aromatic nitrogens is 2. The van der Waals surface area contributed by atoms with Crippen LogP contribution in [0.25, 0.3) is 0 Å². The van der Waals surface area contributed by atoms with Crippen LogP contribution in [0.2, 0.25) is 0 Å². The average Bonchev–Trinajstić information content (AvgIpc) is 2.14. The molecule has 1 N–H and O–H groups in total. The van der Waals surface area contributed by atoms with Crippen molar-refractivity contribution in [1.29, 1.82) is 0 Å². The van der Waals surface area contributed by atoms with E-state index in [1.165, 1.54) is 0 Å². The minimum atomic E-state index is 0.146. The standard InChI is InChI=1S/C11H18ClN3O/c1-7(12)5-8(2)13-10-6-11(16-4)15-9(3)14-10/h6-8H,5H2,1-4H3,(H,13,14,15). The molecule has 4 nitrogen and oxygen atoms in total. The van der Waals surface area contributed by atoms with E-state index in [1.54, 1.807) is 13.2 Å². The van der Waals surface area contributed by atoms with Crippen LogP contribution in [0.15, 0.2) is 6.07 Å². The van der Waals surface area contributed by atoms with Crippen molar-refractivity contribution in [3.8, 4) is 5.88 Å². The molecule has 0 aliphatic rings. The highest BCUT2D eigenvalue weighted by atomic mass is 35.5. The molecule has 0 spiro atoms. The quantitative estimate of drug-likeness (QED) is 0.808. The van der Waals surface area contributed by atoms with Crippen LogP contribution >= 0.6 is 11.6 Å². The van der Waals surface area contributed by atoms with Crippen molar-refractivity contribution in [2.75, 3.05) is 12.4 Å². The first kappa shape index (κ1) is 13.0. The zero-order valence-electron chi connectivity index (χ0n) is 10.1. The monoisotopic (exact) mass is 243 g/mol. The fraction of sp³-hybridized carbons (Fsp3) is 0.636. The summed E-state index contributed by atoms with van der Waals surface area (Å²) in [5, 5.41) is 3.42. The van der Waals surface area contributed by atoms with Gasteiger partial charge in [-0.05, 0) is 27.2 Å². The van der Waals surface area contributed by atoms with Gasteiger partial charge in [0.25, 0.3) is 0 Å². The lowest BCUT2D eigenvalue weighted by Crippen LogP contribution is -2.19. The largest absolute Gasteiger partial charge is 0.481 e. The highest BCUT2D eigenvalue weighted by Crippen LogP contribution is 2.15. The molecule has 1 aromatic heterocycles. The first-order valence-corrected chi connectivity index (χ1v) is 5.75. The molecule has 16 heavy (non-hydrogen) atoms. The van der Waals surface area contributed by atoms with Crippen molar-refractivity contribution >= 4 is 17.4 Å². The number of hydrogen-bond acceptors (Lipinski definition) is 4. The Bertz CT molecular complexity index is 344. The number of aryl methyl sites for hydroxylation is 1. The normalized spacial score (nSPS) is 14.3. The van der Waals surface area contributed by atoms with E-state index in [1.807, 2.05) is 13.8 Å². The van der Waals surface area contributed by atoms with E-state index in [2.05, 4.69) is 22.2 Å². The summed E-state index contributed by atoms with van der Waals surface area (Å²) in [4.78, 5) is 8.40. The second kappa shape index (κ2) is 5.89. The van der Waals surface area contributed by atoms with Crippen LogP contribution in [0.4, 0.5) is 5.82 Å². The Morgan fingerprint density at radius 2 is 2.12 bits per heavy atom. The molecule has 0 amide bonds. The van der Waals surface area contributed by atoms with Crippen molar-refractivity contribution < 1.29 is 4.74 Å². The second-order valence-electron chi connectivity index (χ2n) is 3.90. The van der Waals surface area contributed by atoms with Gasteiger partial charge in [-0.2, -0.15) is 4.98 Å². The Hall–Kier alpha value is -1.03. The minimum Gasteiger partial charge on any atom is -0.481 e. The predicted molar refractivity (Wildman–Crippen MR) is 66.3 cm³/mol. The number of ether oxygens (including phenoxy) is 1. The third-order valence-electron chi connectivity index (χ3n) is 2.10. The van der Waals surface area contributed by atoms with Gasteiger partial charge in [-0.3, -0.25) is 0 Å². The van der Waals surface area contributed by atoms with Crippen molar-refractivity contribution in [2.24, 2.45) is 0 Å². The molecule has 1 aromatic rings. The van der Waals surface area contributed by atoms with E-state index in [9.17, 15) is 0 Å². The first-order valence-electron chi connectivity index (χ1n) is 5.31. The van der Waals surface area contributed by atoms with E-state index in [4.69, 9.17) is 16.3 Å². The number of nitrogens with one attached hydrogen (secondary N) is 1. The van der Waals surface area contributed by atoms with Crippen LogP contribution in [0.3, 0.4) is 0 Å². The zero-order chi connectivity index (χ0) is 12.1. The van der Waals surface area contributed by atoms with Crippen LogP contribution in [0.1, 0.15) is 26.1 Å². The van der Waals surface area contributed by atoms with Crippen LogP contribution < -0.4 is 10.1 Å². The van der Waals surface area contributed by atoms with Gasteiger partial charge in [0.05, 0.1) is 7.11 Å². The SMILES string of the molecule is COc1cc(NC(C)CC(C)Cl)nc(C)n1. The van der Waals surface area contributed by atoms with E-state index in [0.717, 1.165) is 12.2 Å². The highest BCUT2D eigenvalue weighted by molar-refractivity contribution is 6.20. The molecule has 2 unspecified atom stereocenters. The number of alkyl halides is 1. The van der Waals surface area contributed by atoms with Crippen molar-refractivity contribution in [3.63, 3.8) is 0 Å². The van der Waals surface area contributed by atoms with E-state index in [0.29, 0.717) is 11.7 Å². The molecule has 0 saturated carbocycles. The van der Waals surface area contributed by atoms with E-state index >= 15 is 0 Å². The Labute approximate surface area is 101 Å². The fourth-order valence-corrected chi connectivity index (χ4v) is 1.78. The van der Waals surface area contributed by atoms with E-state index in [-0.39, 0.29) is 11.4 Å². The van der Waals surface area contributed by atoms with Gasteiger partial charge in [0, 0.05) is 17.5 Å². The van der Waals surface area contributed by atoms with Gasteiger partial charge >= 0.3 is 0 Å². The van der Waals surface area contributed by atoms with Crippen molar-refractivity contribution in [3.05, 3.63) is 11.9 Å². The van der Waals surface area contributed by atoms with Crippen molar-refractivity contribution in [2.45, 2.75) is 38.6 Å². The molecule has 0 saturated heterocycles. The summed E-state index contributed by atoms with van der Waals surface area (Å²) in [6.07, 6.45) is 0.882. The lowest BCUT2D eigenvalue weighted by molar-refractivity contribution is 0.396. The average molecular weight is 244 g/mol. The molecule has 0 aliphatic carbocycles. The summed E-state index contributed by atoms with van der Waals surface area (Å²) in [6, 6.07) is 2.05. The maximum atomic E-state index is 5.93. The molecule has 90 valence electrons. The van der Waals surface area contributed by atoms with Crippen molar-refractivity contribution in [1.82, 2.24) is 9.97 Å². The molecule has 0 aliphatic heterocycles. The molecule has 0 bridgehead atoms. The lowest BCUT2D eigenvalue weighted by Gasteiger charge is -2.16. The lowest BCUT2D eigenvalue weighted by atomic mass is 10.2. The van der Waals surface area contributed by atoms with Crippen LogP contribution in [0, 0.1) is 6.92 Å². The Kier molecular flexibility index (Phi) is 4.80. The van der Waals surface area contributed by atoms with Crippen LogP contribution in [0.5, 0.6) is 5.88 Å². The molecular formula is C11H18ClN3O. The van der Waals surface area contributed by atoms with Gasteiger partial charge in [-0.1, -0.05) is 0 Å². The molecule has 1 rings (SSSR count). The summed E-state index contributed by atoms with van der Waals surface area (Å²) in [5.41, 5.74) is 0. The predicted octanol–water partition coefficient (Wildman–Crippen LogP) is 2.61. The molecule has 0 aromatic carbocycles. The highest BCUT2D eigenvalue weighted by Gasteiger charge is 2.08. The van der Waals surface area contributed by atoms with E-state index < -0.39 is 0 Å². The van der Waals surface area contributed by atoms with Gasteiger partial charge in [0.1, 0.15) is 11.6 Å². The molecule has 5 heteroatoms. The second-order valence-corrected chi connectivity index (χ2v) is 4.65. The van der Waals surface area contributed by atoms with Gasteiger partial charge in [-0.15, -0.1) is 11.6 Å². The number of rotatable bonds is 5. The van der Waals surface area contributed by atoms with Gasteiger partial charge in [0.15, 0.2) is 0 Å². The third-order valence-corrected chi connectivity index (χ3v) is 2.27. The molecule has 1 heterocycles. The number of nitrogens with zero attached hydrogens (tertiary/aromatic N) is 2. The molecule has 0 radical (unpaired) electrons. The summed E-state index contributed by atoms with van der Waals surface area (Å²) in [5.74, 6) is 2.03. The smallest absolute Gasteiger partial charge is 0.218 e. The van der Waals surface area contributed by atoms with Crippen LogP contribution in [-0.4, -0.2) is 28.5 Å². The maximum Gasteiger partial charge on any atom is 0.218 e. The number of hydrogen-bond donors (Lipinski definition) is 1. The summed E-state index contributed by atoms with van der Waals surface area (Å²) >= 11 is 5.93. The zero-order valence-corrected chi connectivity index (χ0v) is 10.9. The number of methoxy groups -OCH3 is 1. The maximum absolute atomic E-state index is 5.93.